The lowest BCUT2D eigenvalue weighted by molar-refractivity contribution is -0.210. The zero-order valence-electron chi connectivity index (χ0n) is 25.4. The molecule has 0 bridgehead atoms. The molecule has 1 aromatic heterocycles. The van der Waals surface area contributed by atoms with Gasteiger partial charge in [0.2, 0.25) is 6.10 Å². The summed E-state index contributed by atoms with van der Waals surface area (Å²) in [5.41, 5.74) is 2.19. The largest absolute Gasteiger partial charge is 0.494 e. The molecule has 0 spiro atoms. The van der Waals surface area contributed by atoms with Gasteiger partial charge in [0.15, 0.2) is 5.82 Å². The minimum atomic E-state index is -4.92. The lowest BCUT2D eigenvalue weighted by atomic mass is 10.1. The smallest absolute Gasteiger partial charge is 0.426 e. The van der Waals surface area contributed by atoms with Crippen molar-refractivity contribution in [3.8, 4) is 28.3 Å². The number of aromatic nitrogens is 2. The average molecular weight is 615 g/mol. The maximum atomic E-state index is 13.5. The maximum Gasteiger partial charge on any atom is 0.426 e. The van der Waals surface area contributed by atoms with Crippen LogP contribution < -0.4 is 4.74 Å². The monoisotopic (exact) mass is 614 g/mol. The average Bonchev–Trinajstić information content (AvgIpc) is 3.02. The van der Waals surface area contributed by atoms with E-state index in [9.17, 15) is 22.8 Å². The van der Waals surface area contributed by atoms with E-state index in [1.54, 1.807) is 12.4 Å². The Bertz CT molecular complexity index is 1280. The van der Waals surface area contributed by atoms with E-state index in [1.807, 2.05) is 31.2 Å². The van der Waals surface area contributed by atoms with Crippen molar-refractivity contribution >= 4 is 11.9 Å². The van der Waals surface area contributed by atoms with E-state index in [2.05, 4.69) is 21.6 Å². The molecule has 0 aliphatic heterocycles. The molecule has 0 saturated carbocycles. The van der Waals surface area contributed by atoms with E-state index < -0.39 is 30.6 Å². The summed E-state index contributed by atoms with van der Waals surface area (Å²) in [5.74, 6) is -1.08. The van der Waals surface area contributed by atoms with Crippen LogP contribution in [0.25, 0.3) is 22.5 Å². The molecule has 1 heterocycles. The SMILES string of the molecule is CCCCCCCCOc1ccc(-c2cnc(-c3ccc(C(=O)OC(CC(=O)OCCCCC)C(F)(F)F)cc3)nc2)cc1. The number of unbranched alkanes of at least 4 members (excludes halogenated alkanes) is 7. The number of nitrogens with zero attached hydrogens (tertiary/aromatic N) is 2. The highest BCUT2D eigenvalue weighted by molar-refractivity contribution is 5.90. The van der Waals surface area contributed by atoms with E-state index in [-0.39, 0.29) is 12.2 Å². The lowest BCUT2D eigenvalue weighted by Gasteiger charge is -2.20. The molecule has 3 rings (SSSR count). The summed E-state index contributed by atoms with van der Waals surface area (Å²) in [4.78, 5) is 33.1. The first kappa shape index (κ1) is 34.5. The zero-order chi connectivity index (χ0) is 31.8. The van der Waals surface area contributed by atoms with Gasteiger partial charge in [0, 0.05) is 23.5 Å². The van der Waals surface area contributed by atoms with Gasteiger partial charge in [-0.3, -0.25) is 4.79 Å². The predicted molar refractivity (Wildman–Crippen MR) is 162 cm³/mol. The molecule has 7 nitrogen and oxygen atoms in total. The summed E-state index contributed by atoms with van der Waals surface area (Å²) in [6.07, 6.45) is 4.18. The Morgan fingerprint density at radius 2 is 1.30 bits per heavy atom. The van der Waals surface area contributed by atoms with Crippen LogP contribution in [0.2, 0.25) is 0 Å². The van der Waals surface area contributed by atoms with Crippen molar-refractivity contribution in [2.75, 3.05) is 13.2 Å². The van der Waals surface area contributed by atoms with Gasteiger partial charge in [-0.15, -0.1) is 0 Å². The van der Waals surface area contributed by atoms with Gasteiger partial charge < -0.3 is 14.2 Å². The van der Waals surface area contributed by atoms with E-state index in [4.69, 9.17) is 9.47 Å². The van der Waals surface area contributed by atoms with Crippen LogP contribution in [0, 0.1) is 0 Å². The highest BCUT2D eigenvalue weighted by atomic mass is 19.4. The number of rotatable bonds is 18. The minimum Gasteiger partial charge on any atom is -0.494 e. The standard InChI is InChI=1S/C34H41F3N2O5/c1-3-5-7-8-9-11-20-42-29-18-16-25(17-19-29)28-23-38-32(39-24-28)26-12-14-27(15-13-26)33(41)44-30(34(35,36)37)22-31(40)43-21-10-6-4-2/h12-19,23-24,30H,3-11,20-22H2,1-2H3. The number of carbonyl (C=O) groups is 2. The molecule has 0 fully saturated rings. The van der Waals surface area contributed by atoms with Crippen LogP contribution in [0.4, 0.5) is 13.2 Å². The number of halogens is 3. The van der Waals surface area contributed by atoms with Crippen LogP contribution >= 0.6 is 0 Å². The Morgan fingerprint density at radius 1 is 0.727 bits per heavy atom. The second-order valence-electron chi connectivity index (χ2n) is 10.6. The minimum absolute atomic E-state index is 0.0241. The normalized spacial score (nSPS) is 12.0. The van der Waals surface area contributed by atoms with Crippen molar-refractivity contribution in [1.29, 1.82) is 0 Å². The molecule has 1 unspecified atom stereocenters. The molecule has 2 aromatic carbocycles. The van der Waals surface area contributed by atoms with Crippen LogP contribution in [0.15, 0.2) is 60.9 Å². The molecule has 0 radical (unpaired) electrons. The van der Waals surface area contributed by atoms with Crippen molar-refractivity contribution in [2.24, 2.45) is 0 Å². The predicted octanol–water partition coefficient (Wildman–Crippen LogP) is 8.76. The number of hydrogen-bond acceptors (Lipinski definition) is 7. The third kappa shape index (κ3) is 11.6. The highest BCUT2D eigenvalue weighted by Gasteiger charge is 2.44. The van der Waals surface area contributed by atoms with Crippen LogP contribution in [-0.2, 0) is 14.3 Å². The van der Waals surface area contributed by atoms with E-state index >= 15 is 0 Å². The van der Waals surface area contributed by atoms with Gasteiger partial charge in [-0.05, 0) is 42.7 Å². The summed E-state index contributed by atoms with van der Waals surface area (Å²) in [6, 6.07) is 13.4. The van der Waals surface area contributed by atoms with Crippen molar-refractivity contribution in [3.05, 3.63) is 66.5 Å². The van der Waals surface area contributed by atoms with Gasteiger partial charge in [0.25, 0.3) is 0 Å². The lowest BCUT2D eigenvalue weighted by Crippen LogP contribution is -2.36. The Hall–Kier alpha value is -3.95. The fraction of sp³-hybridized carbons (Fsp3) is 0.471. The quantitative estimate of drug-likeness (QED) is 0.105. The second-order valence-corrected chi connectivity index (χ2v) is 10.6. The summed E-state index contributed by atoms with van der Waals surface area (Å²) in [6.45, 7) is 4.87. The van der Waals surface area contributed by atoms with E-state index in [0.29, 0.717) is 24.4 Å². The summed E-state index contributed by atoms with van der Waals surface area (Å²) < 4.78 is 55.7. The number of hydrogen-bond donors (Lipinski definition) is 0. The van der Waals surface area contributed by atoms with Gasteiger partial charge in [-0.1, -0.05) is 83.1 Å². The molecule has 1 atom stereocenters. The van der Waals surface area contributed by atoms with E-state index in [0.717, 1.165) is 36.1 Å². The van der Waals surface area contributed by atoms with Gasteiger partial charge in [0.05, 0.1) is 25.2 Å². The highest BCUT2D eigenvalue weighted by Crippen LogP contribution is 2.28. The molecule has 0 aliphatic rings. The second kappa shape index (κ2) is 18.0. The van der Waals surface area contributed by atoms with Gasteiger partial charge in [0.1, 0.15) is 5.75 Å². The first-order valence-corrected chi connectivity index (χ1v) is 15.3. The van der Waals surface area contributed by atoms with Crippen molar-refractivity contribution in [1.82, 2.24) is 9.97 Å². The molecular formula is C34H41F3N2O5. The number of ether oxygens (including phenoxy) is 3. The number of carbonyl (C=O) groups excluding carboxylic acids is 2. The van der Waals surface area contributed by atoms with Crippen LogP contribution in [0.3, 0.4) is 0 Å². The van der Waals surface area contributed by atoms with Crippen LogP contribution in [0.5, 0.6) is 5.75 Å². The fourth-order valence-electron chi connectivity index (χ4n) is 4.37. The third-order valence-electron chi connectivity index (χ3n) is 6.96. The number of esters is 2. The van der Waals surface area contributed by atoms with Crippen LogP contribution in [0.1, 0.15) is 88.4 Å². The molecule has 238 valence electrons. The van der Waals surface area contributed by atoms with Gasteiger partial charge in [-0.2, -0.15) is 13.2 Å². The third-order valence-corrected chi connectivity index (χ3v) is 6.96. The Morgan fingerprint density at radius 3 is 1.93 bits per heavy atom. The molecule has 0 amide bonds. The van der Waals surface area contributed by atoms with Crippen molar-refractivity contribution < 1.29 is 37.0 Å². The molecule has 0 N–H and O–H groups in total. The maximum absolute atomic E-state index is 13.5. The summed E-state index contributed by atoms with van der Waals surface area (Å²) in [7, 11) is 0. The summed E-state index contributed by atoms with van der Waals surface area (Å²) >= 11 is 0. The first-order valence-electron chi connectivity index (χ1n) is 15.3. The van der Waals surface area contributed by atoms with Crippen LogP contribution in [-0.4, -0.2) is 47.4 Å². The van der Waals surface area contributed by atoms with Crippen molar-refractivity contribution in [2.45, 2.75) is 90.3 Å². The zero-order valence-corrected chi connectivity index (χ0v) is 25.4. The number of alkyl halides is 3. The number of benzene rings is 2. The van der Waals surface area contributed by atoms with Gasteiger partial charge >= 0.3 is 18.1 Å². The molecular weight excluding hydrogens is 573 g/mol. The topological polar surface area (TPSA) is 87.6 Å². The molecule has 44 heavy (non-hydrogen) atoms. The van der Waals surface area contributed by atoms with Gasteiger partial charge in [-0.25, -0.2) is 14.8 Å². The molecule has 3 aromatic rings. The Labute approximate surface area is 257 Å². The van der Waals surface area contributed by atoms with Crippen molar-refractivity contribution in [3.63, 3.8) is 0 Å². The Kier molecular flexibility index (Phi) is 14.1. The fourth-order valence-corrected chi connectivity index (χ4v) is 4.37. The molecule has 10 heteroatoms. The Balaban J connectivity index is 1.53. The van der Waals surface area contributed by atoms with E-state index in [1.165, 1.54) is 56.4 Å². The first-order chi connectivity index (χ1) is 21.2. The summed E-state index contributed by atoms with van der Waals surface area (Å²) in [5, 5.41) is 0. The molecule has 0 aliphatic carbocycles. The molecule has 0 saturated heterocycles.